The van der Waals surface area contributed by atoms with Gasteiger partial charge < -0.3 is 5.73 Å². The summed E-state index contributed by atoms with van der Waals surface area (Å²) in [6, 6.07) is 4.34. The first-order chi connectivity index (χ1) is 5.24. The Kier molecular flexibility index (Phi) is 5.22. The zero-order valence-corrected chi connectivity index (χ0v) is 8.75. The standard InChI is InChI=1S/C9H13NS.ClH/c1-3-4-8(10)9-6-5-7(2)11-9;/h3,5-6,8H,1,4,10H2,2H3;1H/t8-;/m1./s1. The fourth-order valence-electron chi connectivity index (χ4n) is 0.948. The SMILES string of the molecule is C=CC[C@@H](N)c1ccc(C)s1.Cl. The van der Waals surface area contributed by atoms with Gasteiger partial charge in [-0.2, -0.15) is 0 Å². The Bertz CT molecular complexity index is 244. The molecule has 0 radical (unpaired) electrons. The summed E-state index contributed by atoms with van der Waals surface area (Å²) in [6.07, 6.45) is 2.72. The van der Waals surface area contributed by atoms with Gasteiger partial charge in [0, 0.05) is 15.8 Å². The lowest BCUT2D eigenvalue weighted by Crippen LogP contribution is -2.06. The lowest BCUT2D eigenvalue weighted by atomic mass is 10.2. The van der Waals surface area contributed by atoms with Gasteiger partial charge in [-0.15, -0.1) is 30.3 Å². The van der Waals surface area contributed by atoms with Crippen LogP contribution in [0.1, 0.15) is 22.2 Å². The number of rotatable bonds is 3. The zero-order chi connectivity index (χ0) is 8.27. The van der Waals surface area contributed by atoms with Crippen LogP contribution in [0.4, 0.5) is 0 Å². The molecule has 0 fully saturated rings. The van der Waals surface area contributed by atoms with E-state index < -0.39 is 0 Å². The summed E-state index contributed by atoms with van der Waals surface area (Å²) >= 11 is 1.76. The van der Waals surface area contributed by atoms with E-state index in [1.165, 1.54) is 9.75 Å². The van der Waals surface area contributed by atoms with E-state index in [1.807, 2.05) is 6.08 Å². The van der Waals surface area contributed by atoms with E-state index in [4.69, 9.17) is 5.73 Å². The van der Waals surface area contributed by atoms with E-state index in [2.05, 4.69) is 25.6 Å². The minimum absolute atomic E-state index is 0. The number of aryl methyl sites for hydroxylation is 1. The summed E-state index contributed by atoms with van der Waals surface area (Å²) in [5.41, 5.74) is 5.86. The molecule has 12 heavy (non-hydrogen) atoms. The van der Waals surface area contributed by atoms with Crippen molar-refractivity contribution < 1.29 is 0 Å². The molecule has 1 nitrogen and oxygen atoms in total. The molecule has 0 aliphatic carbocycles. The highest BCUT2D eigenvalue weighted by molar-refractivity contribution is 7.12. The van der Waals surface area contributed by atoms with Gasteiger partial charge in [0.2, 0.25) is 0 Å². The molecule has 1 rings (SSSR count). The first-order valence-corrected chi connectivity index (χ1v) is 4.48. The number of nitrogens with two attached hydrogens (primary N) is 1. The van der Waals surface area contributed by atoms with Gasteiger partial charge in [0.05, 0.1) is 0 Å². The second-order valence-corrected chi connectivity index (χ2v) is 3.90. The Labute approximate surface area is 83.7 Å². The molecule has 68 valence electrons. The number of halogens is 1. The van der Waals surface area contributed by atoms with Crippen molar-refractivity contribution in [3.05, 3.63) is 34.5 Å². The van der Waals surface area contributed by atoms with E-state index in [9.17, 15) is 0 Å². The van der Waals surface area contributed by atoms with Crippen molar-refractivity contribution in [1.82, 2.24) is 0 Å². The van der Waals surface area contributed by atoms with Gasteiger partial charge in [0.15, 0.2) is 0 Å². The Hall–Kier alpha value is -0.310. The maximum absolute atomic E-state index is 5.86. The fraction of sp³-hybridized carbons (Fsp3) is 0.333. The smallest absolute Gasteiger partial charge is 0.0424 e. The predicted octanol–water partition coefficient (Wildman–Crippen LogP) is 3.05. The van der Waals surface area contributed by atoms with Crippen LogP contribution in [0, 0.1) is 6.92 Å². The van der Waals surface area contributed by atoms with E-state index in [-0.39, 0.29) is 18.4 Å². The second-order valence-electron chi connectivity index (χ2n) is 2.58. The van der Waals surface area contributed by atoms with Gasteiger partial charge in [-0.1, -0.05) is 6.08 Å². The quantitative estimate of drug-likeness (QED) is 0.751. The lowest BCUT2D eigenvalue weighted by Gasteiger charge is -2.04. The maximum atomic E-state index is 5.86. The Balaban J connectivity index is 0.00000121. The van der Waals surface area contributed by atoms with Crippen LogP contribution < -0.4 is 5.73 Å². The Morgan fingerprint density at radius 2 is 2.33 bits per heavy atom. The predicted molar refractivity (Wildman–Crippen MR) is 58.0 cm³/mol. The second kappa shape index (κ2) is 5.36. The van der Waals surface area contributed by atoms with E-state index in [1.54, 1.807) is 11.3 Å². The normalized spacial score (nSPS) is 11.8. The van der Waals surface area contributed by atoms with Crippen LogP contribution in [0.3, 0.4) is 0 Å². The fourth-order valence-corrected chi connectivity index (χ4v) is 1.84. The van der Waals surface area contributed by atoms with Gasteiger partial charge in [0.1, 0.15) is 0 Å². The molecule has 2 N–H and O–H groups in total. The van der Waals surface area contributed by atoms with Crippen LogP contribution in [0.5, 0.6) is 0 Å². The van der Waals surface area contributed by atoms with E-state index >= 15 is 0 Å². The van der Waals surface area contributed by atoms with Gasteiger partial charge in [0.25, 0.3) is 0 Å². The molecule has 0 saturated carbocycles. The third kappa shape index (κ3) is 2.97. The molecule has 1 heterocycles. The van der Waals surface area contributed by atoms with Crippen LogP contribution in [-0.2, 0) is 0 Å². The average Bonchev–Trinajstić information content (AvgIpc) is 2.36. The molecule has 0 spiro atoms. The van der Waals surface area contributed by atoms with Crippen molar-refractivity contribution in [1.29, 1.82) is 0 Å². The molecule has 0 aromatic carbocycles. The highest BCUT2D eigenvalue weighted by atomic mass is 35.5. The molecule has 1 atom stereocenters. The molecule has 0 amide bonds. The van der Waals surface area contributed by atoms with Crippen molar-refractivity contribution in [3.63, 3.8) is 0 Å². The van der Waals surface area contributed by atoms with Crippen LogP contribution in [-0.4, -0.2) is 0 Å². The lowest BCUT2D eigenvalue weighted by molar-refractivity contribution is 0.758. The monoisotopic (exact) mass is 203 g/mol. The van der Waals surface area contributed by atoms with Gasteiger partial charge in [-0.05, 0) is 25.5 Å². The zero-order valence-electron chi connectivity index (χ0n) is 7.12. The number of thiophene rings is 1. The third-order valence-electron chi connectivity index (χ3n) is 1.55. The first kappa shape index (κ1) is 11.7. The van der Waals surface area contributed by atoms with Gasteiger partial charge in [-0.25, -0.2) is 0 Å². The first-order valence-electron chi connectivity index (χ1n) is 3.67. The molecular weight excluding hydrogens is 190 g/mol. The van der Waals surface area contributed by atoms with E-state index in [0.29, 0.717) is 0 Å². The van der Waals surface area contributed by atoms with Crippen molar-refractivity contribution in [3.8, 4) is 0 Å². The summed E-state index contributed by atoms with van der Waals surface area (Å²) in [5, 5.41) is 0. The van der Waals surface area contributed by atoms with Crippen molar-refractivity contribution in [2.75, 3.05) is 0 Å². The molecule has 0 saturated heterocycles. The van der Waals surface area contributed by atoms with Crippen LogP contribution in [0.15, 0.2) is 24.8 Å². The largest absolute Gasteiger partial charge is 0.323 e. The summed E-state index contributed by atoms with van der Waals surface area (Å²) < 4.78 is 0. The molecule has 0 unspecified atom stereocenters. The minimum Gasteiger partial charge on any atom is -0.323 e. The summed E-state index contributed by atoms with van der Waals surface area (Å²) in [5.74, 6) is 0. The summed E-state index contributed by atoms with van der Waals surface area (Å²) in [7, 11) is 0. The molecule has 3 heteroatoms. The van der Waals surface area contributed by atoms with E-state index in [0.717, 1.165) is 6.42 Å². The molecular formula is C9H14ClNS. The molecule has 0 bridgehead atoms. The Morgan fingerprint density at radius 3 is 2.75 bits per heavy atom. The van der Waals surface area contributed by atoms with Crippen LogP contribution in [0.25, 0.3) is 0 Å². The van der Waals surface area contributed by atoms with Crippen molar-refractivity contribution >= 4 is 23.7 Å². The highest BCUT2D eigenvalue weighted by Crippen LogP contribution is 2.22. The van der Waals surface area contributed by atoms with Gasteiger partial charge >= 0.3 is 0 Å². The number of hydrogen-bond acceptors (Lipinski definition) is 2. The Morgan fingerprint density at radius 1 is 1.67 bits per heavy atom. The molecule has 1 aromatic rings. The summed E-state index contributed by atoms with van der Waals surface area (Å²) in [6.45, 7) is 5.75. The summed E-state index contributed by atoms with van der Waals surface area (Å²) in [4.78, 5) is 2.57. The maximum Gasteiger partial charge on any atom is 0.0424 e. The minimum atomic E-state index is 0. The van der Waals surface area contributed by atoms with Crippen molar-refractivity contribution in [2.45, 2.75) is 19.4 Å². The third-order valence-corrected chi connectivity index (χ3v) is 2.68. The van der Waals surface area contributed by atoms with Crippen LogP contribution in [0.2, 0.25) is 0 Å². The average molecular weight is 204 g/mol. The molecule has 1 aromatic heterocycles. The van der Waals surface area contributed by atoms with Gasteiger partial charge in [-0.3, -0.25) is 0 Å². The molecule has 0 aliphatic rings. The molecule has 0 aliphatic heterocycles. The highest BCUT2D eigenvalue weighted by Gasteiger charge is 2.04. The number of hydrogen-bond donors (Lipinski definition) is 1. The van der Waals surface area contributed by atoms with Crippen molar-refractivity contribution in [2.24, 2.45) is 5.73 Å². The topological polar surface area (TPSA) is 26.0 Å². The van der Waals surface area contributed by atoms with Crippen LogP contribution >= 0.6 is 23.7 Å².